The SMILES string of the molecule is Cc1ccc(C(C)C)c(OCC(=O)Oc2ccccc2)c1. The first-order valence-electron chi connectivity index (χ1n) is 7.05. The van der Waals surface area contributed by atoms with Crippen molar-refractivity contribution in [2.75, 3.05) is 6.61 Å². The van der Waals surface area contributed by atoms with E-state index < -0.39 is 5.97 Å². The Kier molecular flexibility index (Phi) is 4.99. The quantitative estimate of drug-likeness (QED) is 0.612. The largest absolute Gasteiger partial charge is 0.482 e. The van der Waals surface area contributed by atoms with Crippen LogP contribution in [0.2, 0.25) is 0 Å². The van der Waals surface area contributed by atoms with Gasteiger partial charge in [0.15, 0.2) is 6.61 Å². The van der Waals surface area contributed by atoms with Gasteiger partial charge in [0.05, 0.1) is 0 Å². The highest BCUT2D eigenvalue weighted by Crippen LogP contribution is 2.27. The minimum absolute atomic E-state index is 0.0991. The standard InChI is InChI=1S/C18H20O3/c1-13(2)16-10-9-14(3)11-17(16)20-12-18(19)21-15-7-5-4-6-8-15/h4-11,13H,12H2,1-3H3. The number of rotatable bonds is 5. The van der Waals surface area contributed by atoms with Crippen molar-refractivity contribution in [2.45, 2.75) is 26.7 Å². The molecule has 3 heteroatoms. The molecule has 0 aliphatic carbocycles. The van der Waals surface area contributed by atoms with E-state index in [2.05, 4.69) is 13.8 Å². The van der Waals surface area contributed by atoms with Crippen LogP contribution in [0.3, 0.4) is 0 Å². The lowest BCUT2D eigenvalue weighted by Crippen LogP contribution is -2.18. The molecule has 21 heavy (non-hydrogen) atoms. The fourth-order valence-corrected chi connectivity index (χ4v) is 2.03. The van der Waals surface area contributed by atoms with Crippen molar-refractivity contribution in [1.82, 2.24) is 0 Å². The maximum absolute atomic E-state index is 11.8. The van der Waals surface area contributed by atoms with Crippen LogP contribution in [0, 0.1) is 6.92 Å². The Balaban J connectivity index is 1.99. The lowest BCUT2D eigenvalue weighted by molar-refractivity contribution is -0.136. The lowest BCUT2D eigenvalue weighted by Gasteiger charge is -2.14. The summed E-state index contributed by atoms with van der Waals surface area (Å²) in [7, 11) is 0. The zero-order valence-corrected chi connectivity index (χ0v) is 12.6. The van der Waals surface area contributed by atoms with E-state index >= 15 is 0 Å². The van der Waals surface area contributed by atoms with Crippen LogP contribution in [-0.2, 0) is 4.79 Å². The molecule has 0 atom stereocenters. The summed E-state index contributed by atoms with van der Waals surface area (Å²) >= 11 is 0. The smallest absolute Gasteiger partial charge is 0.349 e. The van der Waals surface area contributed by atoms with Gasteiger partial charge in [-0.2, -0.15) is 0 Å². The predicted octanol–water partition coefficient (Wildman–Crippen LogP) is 4.10. The number of carbonyl (C=O) groups excluding carboxylic acids is 1. The zero-order valence-electron chi connectivity index (χ0n) is 12.6. The number of aryl methyl sites for hydroxylation is 1. The molecule has 0 N–H and O–H groups in total. The van der Waals surface area contributed by atoms with Gasteiger partial charge in [-0.05, 0) is 42.2 Å². The van der Waals surface area contributed by atoms with Crippen LogP contribution in [-0.4, -0.2) is 12.6 Å². The summed E-state index contributed by atoms with van der Waals surface area (Å²) in [6.07, 6.45) is 0. The Bertz CT molecular complexity index is 603. The van der Waals surface area contributed by atoms with Gasteiger partial charge >= 0.3 is 5.97 Å². The molecule has 0 heterocycles. The van der Waals surface area contributed by atoms with Gasteiger partial charge in [0, 0.05) is 0 Å². The Labute approximate surface area is 125 Å². The van der Waals surface area contributed by atoms with Crippen molar-refractivity contribution < 1.29 is 14.3 Å². The second-order valence-corrected chi connectivity index (χ2v) is 5.27. The summed E-state index contributed by atoms with van der Waals surface area (Å²) < 4.78 is 10.8. The molecule has 2 aromatic rings. The second kappa shape index (κ2) is 6.93. The highest BCUT2D eigenvalue weighted by molar-refractivity contribution is 5.74. The molecule has 0 aliphatic heterocycles. The van der Waals surface area contributed by atoms with Gasteiger partial charge in [-0.1, -0.05) is 44.2 Å². The summed E-state index contributed by atoms with van der Waals surface area (Å²) in [5.74, 6) is 1.21. The van der Waals surface area contributed by atoms with Crippen molar-refractivity contribution >= 4 is 5.97 Å². The molecule has 110 valence electrons. The molecule has 0 spiro atoms. The summed E-state index contributed by atoms with van der Waals surface area (Å²) in [6.45, 7) is 6.09. The summed E-state index contributed by atoms with van der Waals surface area (Å²) in [6, 6.07) is 15.0. The van der Waals surface area contributed by atoms with E-state index in [4.69, 9.17) is 9.47 Å². The van der Waals surface area contributed by atoms with Gasteiger partial charge in [-0.25, -0.2) is 4.79 Å². The molecule has 3 nitrogen and oxygen atoms in total. The predicted molar refractivity (Wildman–Crippen MR) is 82.8 cm³/mol. The highest BCUT2D eigenvalue weighted by atomic mass is 16.6. The Morgan fingerprint density at radius 2 is 1.81 bits per heavy atom. The van der Waals surface area contributed by atoms with Gasteiger partial charge in [0.1, 0.15) is 11.5 Å². The molecular formula is C18H20O3. The number of hydrogen-bond acceptors (Lipinski definition) is 3. The van der Waals surface area contributed by atoms with E-state index in [0.29, 0.717) is 11.7 Å². The molecule has 0 radical (unpaired) electrons. The molecule has 0 saturated carbocycles. The average Bonchev–Trinajstić information content (AvgIpc) is 2.46. The summed E-state index contributed by atoms with van der Waals surface area (Å²) in [5, 5.41) is 0. The molecule has 0 unspecified atom stereocenters. The molecule has 0 saturated heterocycles. The number of para-hydroxylation sites is 1. The molecule has 2 aromatic carbocycles. The van der Waals surface area contributed by atoms with Crippen molar-refractivity contribution in [3.8, 4) is 11.5 Å². The maximum atomic E-state index is 11.8. The number of benzene rings is 2. The van der Waals surface area contributed by atoms with Crippen molar-refractivity contribution in [3.63, 3.8) is 0 Å². The highest BCUT2D eigenvalue weighted by Gasteiger charge is 2.11. The van der Waals surface area contributed by atoms with E-state index in [0.717, 1.165) is 16.9 Å². The van der Waals surface area contributed by atoms with E-state index in [-0.39, 0.29) is 6.61 Å². The third kappa shape index (κ3) is 4.35. The van der Waals surface area contributed by atoms with Gasteiger partial charge < -0.3 is 9.47 Å². The van der Waals surface area contributed by atoms with Crippen LogP contribution < -0.4 is 9.47 Å². The van der Waals surface area contributed by atoms with Crippen LogP contribution in [0.15, 0.2) is 48.5 Å². The summed E-state index contributed by atoms with van der Waals surface area (Å²) in [5.41, 5.74) is 2.19. The van der Waals surface area contributed by atoms with Gasteiger partial charge in [-0.3, -0.25) is 0 Å². The third-order valence-corrected chi connectivity index (χ3v) is 3.11. The molecule has 0 aliphatic rings. The van der Waals surface area contributed by atoms with Crippen LogP contribution >= 0.6 is 0 Å². The second-order valence-electron chi connectivity index (χ2n) is 5.27. The van der Waals surface area contributed by atoms with Gasteiger partial charge in [0.25, 0.3) is 0 Å². The fraction of sp³-hybridized carbons (Fsp3) is 0.278. The Morgan fingerprint density at radius 3 is 2.48 bits per heavy atom. The molecule has 0 bridgehead atoms. The average molecular weight is 284 g/mol. The van der Waals surface area contributed by atoms with Crippen molar-refractivity contribution in [3.05, 3.63) is 59.7 Å². The first-order valence-corrected chi connectivity index (χ1v) is 7.05. The van der Waals surface area contributed by atoms with Crippen LogP contribution in [0.1, 0.15) is 30.9 Å². The first kappa shape index (κ1) is 15.1. The monoisotopic (exact) mass is 284 g/mol. The molecule has 0 fully saturated rings. The minimum atomic E-state index is -0.405. The van der Waals surface area contributed by atoms with E-state index in [1.54, 1.807) is 12.1 Å². The maximum Gasteiger partial charge on any atom is 0.349 e. The van der Waals surface area contributed by atoms with E-state index in [9.17, 15) is 4.79 Å². The van der Waals surface area contributed by atoms with Gasteiger partial charge in [-0.15, -0.1) is 0 Å². The van der Waals surface area contributed by atoms with Crippen molar-refractivity contribution in [1.29, 1.82) is 0 Å². The first-order chi connectivity index (χ1) is 10.1. The molecule has 2 rings (SSSR count). The number of esters is 1. The number of hydrogen-bond donors (Lipinski definition) is 0. The van der Waals surface area contributed by atoms with Crippen LogP contribution in [0.5, 0.6) is 11.5 Å². The Morgan fingerprint density at radius 1 is 1.10 bits per heavy atom. The van der Waals surface area contributed by atoms with Crippen molar-refractivity contribution in [2.24, 2.45) is 0 Å². The molecule has 0 aromatic heterocycles. The number of ether oxygens (including phenoxy) is 2. The fourth-order valence-electron chi connectivity index (χ4n) is 2.03. The summed E-state index contributed by atoms with van der Waals surface area (Å²) in [4.78, 5) is 11.8. The minimum Gasteiger partial charge on any atom is -0.482 e. The topological polar surface area (TPSA) is 35.5 Å². The molecular weight excluding hydrogens is 264 g/mol. The van der Waals surface area contributed by atoms with E-state index in [1.165, 1.54) is 0 Å². The normalized spacial score (nSPS) is 10.5. The molecule has 0 amide bonds. The number of carbonyl (C=O) groups is 1. The zero-order chi connectivity index (χ0) is 15.2. The lowest BCUT2D eigenvalue weighted by atomic mass is 10.0. The van der Waals surface area contributed by atoms with E-state index in [1.807, 2.05) is 43.3 Å². The van der Waals surface area contributed by atoms with Crippen LogP contribution in [0.4, 0.5) is 0 Å². The Hall–Kier alpha value is -2.29. The third-order valence-electron chi connectivity index (χ3n) is 3.11. The van der Waals surface area contributed by atoms with Crippen LogP contribution in [0.25, 0.3) is 0 Å². The van der Waals surface area contributed by atoms with Gasteiger partial charge in [0.2, 0.25) is 0 Å².